The van der Waals surface area contributed by atoms with Crippen molar-refractivity contribution in [3.8, 4) is 39.9 Å². The molecule has 194 valence electrons. The number of carbonyl (C=O) groups excluding carboxylic acids is 2. The first kappa shape index (κ1) is 25.1. The van der Waals surface area contributed by atoms with E-state index in [-0.39, 0.29) is 29.1 Å². The molecule has 4 aromatic rings. The molecule has 1 heterocycles. The zero-order chi connectivity index (χ0) is 27.0. The zero-order valence-electron chi connectivity index (χ0n) is 22.0. The first-order valence-electron chi connectivity index (χ1n) is 12.5. The molecule has 0 bridgehead atoms. The number of esters is 2. The van der Waals surface area contributed by atoms with Crippen molar-refractivity contribution >= 4 is 28.4 Å². The Morgan fingerprint density at radius 1 is 0.789 bits per heavy atom. The van der Waals surface area contributed by atoms with E-state index < -0.39 is 11.9 Å². The van der Waals surface area contributed by atoms with Crippen molar-refractivity contribution in [1.29, 1.82) is 0 Å². The molecule has 0 amide bonds. The number of ether oxygens (including phenoxy) is 4. The molecule has 4 aromatic carbocycles. The highest BCUT2D eigenvalue weighted by Crippen LogP contribution is 2.59. The molecule has 7 heteroatoms. The Labute approximate surface area is 221 Å². The van der Waals surface area contributed by atoms with E-state index in [1.54, 1.807) is 12.1 Å². The second kappa shape index (κ2) is 10.1. The summed E-state index contributed by atoms with van der Waals surface area (Å²) in [5.41, 5.74) is 3.09. The van der Waals surface area contributed by atoms with Crippen molar-refractivity contribution in [2.45, 2.75) is 40.3 Å². The van der Waals surface area contributed by atoms with Crippen LogP contribution in [0.3, 0.4) is 0 Å². The van der Waals surface area contributed by atoms with Crippen LogP contribution in [0.25, 0.3) is 21.9 Å². The quantitative estimate of drug-likeness (QED) is 0.206. The maximum Gasteiger partial charge on any atom is 0.308 e. The SMILES string of the molecule is CC(=O)Oc1c2c(c(OC(C)=O)c(OC(C)C)c1Oc1ccccc1)-c1ccc3ccccc3c1N(C)C2. The molecule has 38 heavy (non-hydrogen) atoms. The van der Waals surface area contributed by atoms with Crippen LogP contribution in [-0.4, -0.2) is 25.1 Å². The van der Waals surface area contributed by atoms with Crippen LogP contribution in [0, 0.1) is 0 Å². The van der Waals surface area contributed by atoms with Gasteiger partial charge in [0.05, 0.1) is 11.8 Å². The number of nitrogens with zero attached hydrogens (tertiary/aromatic N) is 1. The summed E-state index contributed by atoms with van der Waals surface area (Å²) in [5, 5.41) is 2.13. The largest absolute Gasteiger partial charge is 0.484 e. The van der Waals surface area contributed by atoms with E-state index in [0.717, 1.165) is 22.0 Å². The van der Waals surface area contributed by atoms with E-state index in [2.05, 4.69) is 17.0 Å². The lowest BCUT2D eigenvalue weighted by Gasteiger charge is -2.34. The molecule has 0 aromatic heterocycles. The van der Waals surface area contributed by atoms with Crippen LogP contribution in [0.2, 0.25) is 0 Å². The minimum absolute atomic E-state index is 0.174. The molecule has 0 unspecified atom stereocenters. The summed E-state index contributed by atoms with van der Waals surface area (Å²) in [6, 6.07) is 21.2. The van der Waals surface area contributed by atoms with Crippen molar-refractivity contribution in [3.63, 3.8) is 0 Å². The lowest BCUT2D eigenvalue weighted by molar-refractivity contribution is -0.133. The Balaban J connectivity index is 1.90. The van der Waals surface area contributed by atoms with Crippen LogP contribution in [-0.2, 0) is 16.1 Å². The summed E-state index contributed by atoms with van der Waals surface area (Å²) in [5.74, 6) is 0.325. The topological polar surface area (TPSA) is 74.3 Å². The molecule has 0 spiro atoms. The maximum atomic E-state index is 12.4. The van der Waals surface area contributed by atoms with Crippen LogP contribution >= 0.6 is 0 Å². The number of anilines is 1. The number of benzene rings is 4. The molecular weight excluding hydrogens is 482 g/mol. The van der Waals surface area contributed by atoms with Gasteiger partial charge < -0.3 is 23.8 Å². The Hall–Kier alpha value is -4.52. The monoisotopic (exact) mass is 511 g/mol. The number of rotatable bonds is 6. The number of hydrogen-bond acceptors (Lipinski definition) is 7. The fraction of sp³-hybridized carbons (Fsp3) is 0.226. The van der Waals surface area contributed by atoms with Gasteiger partial charge in [0.25, 0.3) is 0 Å². The minimum Gasteiger partial charge on any atom is -0.484 e. The van der Waals surface area contributed by atoms with Gasteiger partial charge in [-0.15, -0.1) is 0 Å². The highest BCUT2D eigenvalue weighted by atomic mass is 16.6. The van der Waals surface area contributed by atoms with Crippen molar-refractivity contribution < 1.29 is 28.5 Å². The Bertz CT molecular complexity index is 1540. The van der Waals surface area contributed by atoms with Gasteiger partial charge in [-0.25, -0.2) is 0 Å². The number of para-hydroxylation sites is 1. The van der Waals surface area contributed by atoms with E-state index >= 15 is 0 Å². The number of carbonyl (C=O) groups is 2. The fourth-order valence-corrected chi connectivity index (χ4v) is 4.86. The molecule has 1 aliphatic heterocycles. The molecule has 0 atom stereocenters. The summed E-state index contributed by atoms with van der Waals surface area (Å²) in [7, 11) is 1.98. The first-order chi connectivity index (χ1) is 18.2. The predicted octanol–water partition coefficient (Wildman–Crippen LogP) is 6.89. The van der Waals surface area contributed by atoms with Gasteiger partial charge in [-0.05, 0) is 31.4 Å². The van der Waals surface area contributed by atoms with Gasteiger partial charge in [0.15, 0.2) is 11.5 Å². The molecule has 0 fully saturated rings. The minimum atomic E-state index is -0.507. The third-order valence-electron chi connectivity index (χ3n) is 6.18. The predicted molar refractivity (Wildman–Crippen MR) is 146 cm³/mol. The van der Waals surface area contributed by atoms with Crippen LogP contribution in [0.15, 0.2) is 66.7 Å². The number of hydrogen-bond donors (Lipinski definition) is 0. The fourth-order valence-electron chi connectivity index (χ4n) is 4.86. The highest BCUT2D eigenvalue weighted by molar-refractivity contribution is 6.06. The molecule has 7 nitrogen and oxygen atoms in total. The van der Waals surface area contributed by atoms with Gasteiger partial charge >= 0.3 is 11.9 Å². The summed E-state index contributed by atoms with van der Waals surface area (Å²) in [6.07, 6.45) is -0.298. The van der Waals surface area contributed by atoms with Crippen LogP contribution in [0.1, 0.15) is 33.3 Å². The van der Waals surface area contributed by atoms with Crippen LogP contribution < -0.4 is 23.8 Å². The van der Waals surface area contributed by atoms with E-state index in [9.17, 15) is 9.59 Å². The average molecular weight is 512 g/mol. The normalized spacial score (nSPS) is 12.1. The van der Waals surface area contributed by atoms with Crippen molar-refractivity contribution in [2.75, 3.05) is 11.9 Å². The van der Waals surface area contributed by atoms with Gasteiger partial charge in [0.2, 0.25) is 11.5 Å². The molecule has 1 aliphatic rings. The van der Waals surface area contributed by atoms with Gasteiger partial charge in [0, 0.05) is 49.5 Å². The van der Waals surface area contributed by atoms with Gasteiger partial charge in [-0.2, -0.15) is 0 Å². The molecule has 0 radical (unpaired) electrons. The molecule has 5 rings (SSSR count). The molecule has 0 N–H and O–H groups in total. The third-order valence-corrected chi connectivity index (χ3v) is 6.18. The summed E-state index contributed by atoms with van der Waals surface area (Å²) in [4.78, 5) is 26.9. The molecule has 0 saturated carbocycles. The Morgan fingerprint density at radius 2 is 1.45 bits per heavy atom. The van der Waals surface area contributed by atoms with E-state index in [0.29, 0.717) is 23.4 Å². The van der Waals surface area contributed by atoms with Gasteiger partial charge in [-0.3, -0.25) is 9.59 Å². The third kappa shape index (κ3) is 4.63. The average Bonchev–Trinajstić information content (AvgIpc) is 2.87. The van der Waals surface area contributed by atoms with E-state index in [1.165, 1.54) is 13.8 Å². The standard InChI is InChI=1S/C31H29NO6/c1-18(2)35-31-29(37-20(4)34)26-24-16-15-21-11-9-10-14-23(21)27(24)32(5)17-25(26)28(36-19(3)33)30(31)38-22-12-7-6-8-13-22/h6-16,18H,17H2,1-5H3. The van der Waals surface area contributed by atoms with Crippen LogP contribution in [0.5, 0.6) is 28.7 Å². The second-order valence-electron chi connectivity index (χ2n) is 9.48. The van der Waals surface area contributed by atoms with E-state index in [4.69, 9.17) is 18.9 Å². The lowest BCUT2D eigenvalue weighted by atomic mass is 9.88. The lowest BCUT2D eigenvalue weighted by Crippen LogP contribution is -2.24. The zero-order valence-corrected chi connectivity index (χ0v) is 22.0. The Morgan fingerprint density at radius 3 is 2.13 bits per heavy atom. The van der Waals surface area contributed by atoms with Crippen molar-refractivity contribution in [2.24, 2.45) is 0 Å². The maximum absolute atomic E-state index is 12.4. The molecule has 0 aliphatic carbocycles. The van der Waals surface area contributed by atoms with Gasteiger partial charge in [-0.1, -0.05) is 54.6 Å². The molecule has 0 saturated heterocycles. The molecular formula is C31H29NO6. The highest BCUT2D eigenvalue weighted by Gasteiger charge is 2.36. The first-order valence-corrected chi connectivity index (χ1v) is 12.5. The Kier molecular flexibility index (Phi) is 6.68. The van der Waals surface area contributed by atoms with Gasteiger partial charge in [0.1, 0.15) is 5.75 Å². The summed E-state index contributed by atoms with van der Waals surface area (Å²) < 4.78 is 24.3. The van der Waals surface area contributed by atoms with Crippen LogP contribution in [0.4, 0.5) is 5.69 Å². The van der Waals surface area contributed by atoms with E-state index in [1.807, 2.05) is 63.4 Å². The number of fused-ring (bicyclic) bond motifs is 5. The summed E-state index contributed by atoms with van der Waals surface area (Å²) in [6.45, 7) is 6.80. The summed E-state index contributed by atoms with van der Waals surface area (Å²) >= 11 is 0. The van der Waals surface area contributed by atoms with Crippen molar-refractivity contribution in [3.05, 3.63) is 72.3 Å². The second-order valence-corrected chi connectivity index (χ2v) is 9.48. The smallest absolute Gasteiger partial charge is 0.308 e. The van der Waals surface area contributed by atoms with Crippen molar-refractivity contribution in [1.82, 2.24) is 0 Å².